The predicted molar refractivity (Wildman–Crippen MR) is 77.6 cm³/mol. The van der Waals surface area contributed by atoms with E-state index in [-0.39, 0.29) is 0 Å². The standard InChI is InChI=1S/C13H15IN2/c14-9-16-8-11-2-4-12-3-1-10(7-15)5-13(12)6-11/h1-6,16H,7-9,15H2. The Labute approximate surface area is 109 Å². The van der Waals surface area contributed by atoms with E-state index in [2.05, 4.69) is 64.3 Å². The first-order valence-corrected chi connectivity index (χ1v) is 6.84. The van der Waals surface area contributed by atoms with Crippen molar-refractivity contribution in [2.75, 3.05) is 4.55 Å². The number of nitrogens with two attached hydrogens (primary N) is 1. The molecule has 0 unspecified atom stereocenters. The van der Waals surface area contributed by atoms with Crippen LogP contribution in [0.1, 0.15) is 11.1 Å². The van der Waals surface area contributed by atoms with E-state index in [4.69, 9.17) is 5.73 Å². The van der Waals surface area contributed by atoms with Gasteiger partial charge in [0.15, 0.2) is 0 Å². The van der Waals surface area contributed by atoms with Crippen LogP contribution in [0.4, 0.5) is 0 Å². The lowest BCUT2D eigenvalue weighted by molar-refractivity contribution is 0.809. The van der Waals surface area contributed by atoms with Crippen molar-refractivity contribution in [2.24, 2.45) is 5.73 Å². The molecule has 0 saturated carbocycles. The summed E-state index contributed by atoms with van der Waals surface area (Å²) in [4.78, 5) is 0. The molecule has 2 aromatic carbocycles. The average molecular weight is 326 g/mol. The molecule has 2 aromatic rings. The lowest BCUT2D eigenvalue weighted by atomic mass is 10.0. The maximum absolute atomic E-state index is 5.65. The molecule has 16 heavy (non-hydrogen) atoms. The van der Waals surface area contributed by atoms with Gasteiger partial charge in [-0.2, -0.15) is 0 Å². The van der Waals surface area contributed by atoms with E-state index in [9.17, 15) is 0 Å². The number of nitrogens with one attached hydrogen (secondary N) is 1. The molecule has 0 spiro atoms. The molecule has 2 rings (SSSR count). The van der Waals surface area contributed by atoms with Crippen molar-refractivity contribution in [2.45, 2.75) is 13.1 Å². The van der Waals surface area contributed by atoms with Gasteiger partial charge in [0.25, 0.3) is 0 Å². The second-order valence-corrected chi connectivity index (χ2v) is 4.54. The summed E-state index contributed by atoms with van der Waals surface area (Å²) < 4.78 is 0.971. The second-order valence-electron chi connectivity index (χ2n) is 3.78. The van der Waals surface area contributed by atoms with Crippen molar-refractivity contribution in [3.8, 4) is 0 Å². The highest BCUT2D eigenvalue weighted by atomic mass is 127. The van der Waals surface area contributed by atoms with Gasteiger partial charge in [-0.25, -0.2) is 0 Å². The lowest BCUT2D eigenvalue weighted by Gasteiger charge is -2.05. The zero-order valence-electron chi connectivity index (χ0n) is 9.04. The van der Waals surface area contributed by atoms with Crippen molar-refractivity contribution in [1.82, 2.24) is 5.32 Å². The summed E-state index contributed by atoms with van der Waals surface area (Å²) in [7, 11) is 0. The highest BCUT2D eigenvalue weighted by molar-refractivity contribution is 14.1. The molecule has 0 radical (unpaired) electrons. The second kappa shape index (κ2) is 5.61. The Morgan fingerprint density at radius 2 is 1.69 bits per heavy atom. The molecule has 0 saturated heterocycles. The molecule has 3 N–H and O–H groups in total. The van der Waals surface area contributed by atoms with Gasteiger partial charge in [0, 0.05) is 17.6 Å². The third kappa shape index (κ3) is 2.72. The molecule has 2 nitrogen and oxygen atoms in total. The highest BCUT2D eigenvalue weighted by Gasteiger charge is 1.97. The Morgan fingerprint density at radius 1 is 1.00 bits per heavy atom. The minimum atomic E-state index is 0.603. The molecule has 0 aliphatic rings. The van der Waals surface area contributed by atoms with Crippen LogP contribution in [0.25, 0.3) is 10.8 Å². The summed E-state index contributed by atoms with van der Waals surface area (Å²) in [5.41, 5.74) is 8.15. The molecule has 0 aliphatic carbocycles. The van der Waals surface area contributed by atoms with Crippen LogP contribution < -0.4 is 11.1 Å². The van der Waals surface area contributed by atoms with E-state index in [1.807, 2.05) is 0 Å². The number of fused-ring (bicyclic) bond motifs is 1. The first-order chi connectivity index (χ1) is 7.83. The first kappa shape index (κ1) is 11.8. The van der Waals surface area contributed by atoms with Gasteiger partial charge in [0.1, 0.15) is 0 Å². The van der Waals surface area contributed by atoms with Gasteiger partial charge in [-0.05, 0) is 34.0 Å². The Kier molecular flexibility index (Phi) is 4.15. The van der Waals surface area contributed by atoms with Crippen molar-refractivity contribution < 1.29 is 0 Å². The normalized spacial score (nSPS) is 10.9. The van der Waals surface area contributed by atoms with E-state index in [0.717, 1.165) is 11.1 Å². The number of rotatable bonds is 4. The third-order valence-corrected chi connectivity index (χ3v) is 3.17. The summed E-state index contributed by atoms with van der Waals surface area (Å²) >= 11 is 2.32. The van der Waals surface area contributed by atoms with E-state index in [1.54, 1.807) is 0 Å². The van der Waals surface area contributed by atoms with Gasteiger partial charge in [-0.1, -0.05) is 46.9 Å². The average Bonchev–Trinajstić information content (AvgIpc) is 2.35. The van der Waals surface area contributed by atoms with Crippen LogP contribution in [0.15, 0.2) is 36.4 Å². The molecule has 0 heterocycles. The van der Waals surface area contributed by atoms with Crippen LogP contribution >= 0.6 is 22.6 Å². The number of hydrogen-bond donors (Lipinski definition) is 2. The van der Waals surface area contributed by atoms with Crippen LogP contribution in [-0.2, 0) is 13.1 Å². The summed E-state index contributed by atoms with van der Waals surface area (Å²) in [6.07, 6.45) is 0. The summed E-state index contributed by atoms with van der Waals surface area (Å²) in [6, 6.07) is 13.0. The van der Waals surface area contributed by atoms with Crippen LogP contribution in [0.5, 0.6) is 0 Å². The zero-order chi connectivity index (χ0) is 11.4. The zero-order valence-corrected chi connectivity index (χ0v) is 11.2. The van der Waals surface area contributed by atoms with Crippen molar-refractivity contribution >= 4 is 33.4 Å². The lowest BCUT2D eigenvalue weighted by Crippen LogP contribution is -2.09. The SMILES string of the molecule is NCc1ccc2ccc(CNCI)cc2c1. The van der Waals surface area contributed by atoms with Crippen LogP contribution in [0.3, 0.4) is 0 Å². The summed E-state index contributed by atoms with van der Waals surface area (Å²) in [5, 5.41) is 5.87. The van der Waals surface area contributed by atoms with E-state index < -0.39 is 0 Å². The first-order valence-electron chi connectivity index (χ1n) is 5.32. The summed E-state index contributed by atoms with van der Waals surface area (Å²) in [6.45, 7) is 1.53. The van der Waals surface area contributed by atoms with E-state index in [0.29, 0.717) is 6.54 Å². The Bertz CT molecular complexity index is 482. The Morgan fingerprint density at radius 3 is 2.38 bits per heavy atom. The molecule has 84 valence electrons. The Hall–Kier alpha value is -0.650. The number of benzene rings is 2. The molecule has 0 amide bonds. The molecule has 0 atom stereocenters. The fourth-order valence-corrected chi connectivity index (χ4v) is 2.04. The molecule has 3 heteroatoms. The maximum Gasteiger partial charge on any atom is 0.0482 e. The van der Waals surface area contributed by atoms with Gasteiger partial charge in [0.2, 0.25) is 0 Å². The third-order valence-electron chi connectivity index (χ3n) is 2.63. The molecular weight excluding hydrogens is 311 g/mol. The van der Waals surface area contributed by atoms with Crippen LogP contribution in [-0.4, -0.2) is 4.55 Å². The molecule has 0 bridgehead atoms. The number of alkyl halides is 1. The van der Waals surface area contributed by atoms with E-state index >= 15 is 0 Å². The van der Waals surface area contributed by atoms with Gasteiger partial charge in [-0.3, -0.25) is 0 Å². The van der Waals surface area contributed by atoms with Crippen LogP contribution in [0.2, 0.25) is 0 Å². The molecule has 0 fully saturated rings. The fraction of sp³-hybridized carbons (Fsp3) is 0.231. The van der Waals surface area contributed by atoms with Gasteiger partial charge in [0.05, 0.1) is 0 Å². The quantitative estimate of drug-likeness (QED) is 0.515. The van der Waals surface area contributed by atoms with Crippen molar-refractivity contribution in [3.63, 3.8) is 0 Å². The highest BCUT2D eigenvalue weighted by Crippen LogP contribution is 2.17. The topological polar surface area (TPSA) is 38.0 Å². The predicted octanol–water partition coefficient (Wildman–Crippen LogP) is 2.78. The fourth-order valence-electron chi connectivity index (χ4n) is 1.77. The minimum Gasteiger partial charge on any atom is -0.326 e. The van der Waals surface area contributed by atoms with Gasteiger partial charge in [-0.15, -0.1) is 0 Å². The molecular formula is C13H15IN2. The smallest absolute Gasteiger partial charge is 0.0482 e. The molecule has 0 aliphatic heterocycles. The minimum absolute atomic E-state index is 0.603. The summed E-state index contributed by atoms with van der Waals surface area (Å²) in [5.74, 6) is 0. The molecule has 0 aromatic heterocycles. The van der Waals surface area contributed by atoms with Crippen molar-refractivity contribution in [3.05, 3.63) is 47.5 Å². The largest absolute Gasteiger partial charge is 0.326 e. The number of halogens is 1. The Balaban J connectivity index is 2.35. The van der Waals surface area contributed by atoms with Crippen LogP contribution in [0, 0.1) is 0 Å². The monoisotopic (exact) mass is 326 g/mol. The van der Waals surface area contributed by atoms with E-state index in [1.165, 1.54) is 21.9 Å². The van der Waals surface area contributed by atoms with Gasteiger partial charge >= 0.3 is 0 Å². The number of hydrogen-bond acceptors (Lipinski definition) is 2. The van der Waals surface area contributed by atoms with Crippen molar-refractivity contribution in [1.29, 1.82) is 0 Å². The maximum atomic E-state index is 5.65. The van der Waals surface area contributed by atoms with Gasteiger partial charge < -0.3 is 11.1 Å².